The third-order valence-corrected chi connectivity index (χ3v) is 6.24. The molecule has 2 N–H and O–H groups in total. The minimum atomic E-state index is -1.08. The first-order valence-electron chi connectivity index (χ1n) is 8.06. The number of aliphatic hydroxyl groups is 1. The molecule has 0 saturated carbocycles. The van der Waals surface area contributed by atoms with Crippen LogP contribution in [0.1, 0.15) is 60.3 Å². The van der Waals surface area contributed by atoms with E-state index in [9.17, 15) is 4.21 Å². The highest BCUT2D eigenvalue weighted by Crippen LogP contribution is 2.39. The summed E-state index contributed by atoms with van der Waals surface area (Å²) in [7, 11) is -1.08. The normalized spacial score (nSPS) is 21.2. The van der Waals surface area contributed by atoms with Gasteiger partial charge in [-0.25, -0.2) is 8.93 Å². The zero-order chi connectivity index (χ0) is 16.1. The van der Waals surface area contributed by atoms with Crippen molar-refractivity contribution in [3.05, 3.63) is 0 Å². The van der Waals surface area contributed by atoms with Crippen molar-refractivity contribution in [2.24, 2.45) is 11.3 Å². The highest BCUT2D eigenvalue weighted by molar-refractivity contribution is 7.84. The Morgan fingerprint density at radius 2 is 1.81 bits per heavy atom. The van der Waals surface area contributed by atoms with Crippen molar-refractivity contribution in [3.63, 3.8) is 0 Å². The molecule has 0 bridgehead atoms. The third-order valence-electron chi connectivity index (χ3n) is 4.63. The summed E-state index contributed by atoms with van der Waals surface area (Å²) in [5, 5.41) is 9.16. The fourth-order valence-corrected chi connectivity index (χ4v) is 3.94. The molecular formula is C16H33NO3S. The second kappa shape index (κ2) is 8.04. The summed E-state index contributed by atoms with van der Waals surface area (Å²) in [4.78, 5) is 0. The Morgan fingerprint density at radius 1 is 1.24 bits per heavy atom. The molecular weight excluding hydrogens is 286 g/mol. The van der Waals surface area contributed by atoms with Crippen LogP contribution in [0.15, 0.2) is 0 Å². The second-order valence-electron chi connectivity index (χ2n) is 7.63. The molecule has 4 nitrogen and oxygen atoms in total. The molecule has 0 aromatic carbocycles. The molecule has 5 heteroatoms. The van der Waals surface area contributed by atoms with Crippen LogP contribution in [0.4, 0.5) is 0 Å². The van der Waals surface area contributed by atoms with Gasteiger partial charge in [0.2, 0.25) is 0 Å². The monoisotopic (exact) mass is 319 g/mol. The van der Waals surface area contributed by atoms with Gasteiger partial charge in [0.25, 0.3) is 0 Å². The summed E-state index contributed by atoms with van der Waals surface area (Å²) >= 11 is 0. The van der Waals surface area contributed by atoms with E-state index in [0.717, 1.165) is 38.9 Å². The Bertz CT molecular complexity index is 333. The molecule has 1 saturated heterocycles. The van der Waals surface area contributed by atoms with Crippen LogP contribution in [0.25, 0.3) is 0 Å². The highest BCUT2D eigenvalue weighted by Gasteiger charge is 2.39. The summed E-state index contributed by atoms with van der Waals surface area (Å²) in [5.41, 5.74) is 0.0415. The van der Waals surface area contributed by atoms with Gasteiger partial charge in [0.05, 0.1) is 15.7 Å². The number of hydrogen-bond acceptors (Lipinski definition) is 3. The van der Waals surface area contributed by atoms with Crippen LogP contribution in [-0.4, -0.2) is 39.9 Å². The van der Waals surface area contributed by atoms with E-state index < -0.39 is 11.0 Å². The van der Waals surface area contributed by atoms with E-state index in [0.29, 0.717) is 5.92 Å². The molecule has 2 atom stereocenters. The van der Waals surface area contributed by atoms with Gasteiger partial charge in [-0.05, 0) is 57.8 Å². The van der Waals surface area contributed by atoms with Crippen molar-refractivity contribution in [2.45, 2.75) is 71.1 Å². The van der Waals surface area contributed by atoms with Gasteiger partial charge in [-0.2, -0.15) is 0 Å². The maximum Gasteiger partial charge on any atom is 0.0972 e. The Morgan fingerprint density at radius 3 is 2.29 bits per heavy atom. The lowest BCUT2D eigenvalue weighted by Crippen LogP contribution is -2.50. The van der Waals surface area contributed by atoms with E-state index in [4.69, 9.17) is 9.84 Å². The first-order valence-corrected chi connectivity index (χ1v) is 9.21. The molecule has 0 spiro atoms. The average Bonchev–Trinajstić information content (AvgIpc) is 2.42. The van der Waals surface area contributed by atoms with Crippen molar-refractivity contribution < 1.29 is 14.1 Å². The zero-order valence-electron chi connectivity index (χ0n) is 14.3. The van der Waals surface area contributed by atoms with Gasteiger partial charge < -0.3 is 9.84 Å². The number of hydrogen-bond donors (Lipinski definition) is 2. The molecule has 0 aromatic heterocycles. The first kappa shape index (κ1) is 19.1. The topological polar surface area (TPSA) is 58.6 Å². The average molecular weight is 320 g/mol. The molecule has 0 aliphatic carbocycles. The van der Waals surface area contributed by atoms with E-state index >= 15 is 0 Å². The molecule has 21 heavy (non-hydrogen) atoms. The number of ether oxygens (including phenoxy) is 1. The van der Waals surface area contributed by atoms with Crippen LogP contribution < -0.4 is 4.72 Å². The van der Waals surface area contributed by atoms with Crippen molar-refractivity contribution in [1.29, 1.82) is 0 Å². The number of rotatable bonds is 7. The van der Waals surface area contributed by atoms with Crippen LogP contribution >= 0.6 is 0 Å². The second-order valence-corrected chi connectivity index (χ2v) is 9.62. The quantitative estimate of drug-likeness (QED) is 0.758. The first-order chi connectivity index (χ1) is 9.69. The highest BCUT2D eigenvalue weighted by atomic mass is 32.2. The van der Waals surface area contributed by atoms with Gasteiger partial charge in [-0.3, -0.25) is 0 Å². The fraction of sp³-hybridized carbons (Fsp3) is 1.00. The summed E-state index contributed by atoms with van der Waals surface area (Å²) in [6.45, 7) is 12.3. The van der Waals surface area contributed by atoms with Crippen molar-refractivity contribution in [2.75, 3.05) is 19.8 Å². The van der Waals surface area contributed by atoms with Crippen LogP contribution in [0.5, 0.6) is 0 Å². The SMILES string of the molecule is CC(C)(C1CCOCC1)[C@H](CCCO)N[S@](=O)C(C)(C)C. The maximum absolute atomic E-state index is 12.5. The molecule has 0 aromatic rings. The molecule has 0 amide bonds. The van der Waals surface area contributed by atoms with E-state index in [-0.39, 0.29) is 22.8 Å². The Kier molecular flexibility index (Phi) is 7.31. The lowest BCUT2D eigenvalue weighted by atomic mass is 9.69. The summed E-state index contributed by atoms with van der Waals surface area (Å²) in [5.74, 6) is 0.569. The van der Waals surface area contributed by atoms with E-state index in [1.165, 1.54) is 0 Å². The van der Waals surface area contributed by atoms with Crippen LogP contribution in [0.2, 0.25) is 0 Å². The largest absolute Gasteiger partial charge is 0.396 e. The van der Waals surface area contributed by atoms with Gasteiger partial charge in [0.1, 0.15) is 0 Å². The number of aliphatic hydroxyl groups excluding tert-OH is 1. The predicted octanol–water partition coefficient (Wildman–Crippen LogP) is 2.63. The molecule has 1 aliphatic rings. The van der Waals surface area contributed by atoms with Gasteiger partial charge >= 0.3 is 0 Å². The Balaban J connectivity index is 2.81. The smallest absolute Gasteiger partial charge is 0.0972 e. The van der Waals surface area contributed by atoms with Gasteiger partial charge in [-0.15, -0.1) is 0 Å². The molecule has 0 radical (unpaired) electrons. The minimum Gasteiger partial charge on any atom is -0.396 e. The van der Waals surface area contributed by atoms with Gasteiger partial charge in [-0.1, -0.05) is 13.8 Å². The molecule has 1 heterocycles. The Labute approximate surface area is 132 Å². The fourth-order valence-electron chi connectivity index (χ4n) is 2.91. The maximum atomic E-state index is 12.5. The van der Waals surface area contributed by atoms with Crippen molar-refractivity contribution in [3.8, 4) is 0 Å². The van der Waals surface area contributed by atoms with Crippen LogP contribution in [0.3, 0.4) is 0 Å². The van der Waals surface area contributed by atoms with Crippen LogP contribution in [-0.2, 0) is 15.7 Å². The van der Waals surface area contributed by atoms with E-state index in [1.807, 2.05) is 20.8 Å². The zero-order valence-corrected chi connectivity index (χ0v) is 15.1. The van der Waals surface area contributed by atoms with Gasteiger partial charge in [0.15, 0.2) is 0 Å². The van der Waals surface area contributed by atoms with E-state index in [1.54, 1.807) is 0 Å². The molecule has 0 unspecified atom stereocenters. The summed E-state index contributed by atoms with van der Waals surface area (Å²) < 4.78 is 21.0. The molecule has 1 aliphatic heterocycles. The van der Waals surface area contributed by atoms with Crippen molar-refractivity contribution >= 4 is 11.0 Å². The predicted molar refractivity (Wildman–Crippen MR) is 88.5 cm³/mol. The minimum absolute atomic E-state index is 0.0415. The lowest BCUT2D eigenvalue weighted by Gasteiger charge is -2.43. The van der Waals surface area contributed by atoms with Gasteiger partial charge in [0, 0.05) is 25.9 Å². The van der Waals surface area contributed by atoms with Crippen LogP contribution in [0, 0.1) is 11.3 Å². The van der Waals surface area contributed by atoms with E-state index in [2.05, 4.69) is 18.6 Å². The molecule has 1 fully saturated rings. The third kappa shape index (κ3) is 5.62. The Hall–Kier alpha value is 0.0300. The summed E-state index contributed by atoms with van der Waals surface area (Å²) in [6.07, 6.45) is 3.72. The standard InChI is InChI=1S/C16H33NO3S/c1-15(2,3)21(19)17-14(7-6-10-18)16(4,5)13-8-11-20-12-9-13/h13-14,17-18H,6-12H2,1-5H3/t14-,21+/m0/s1. The molecule has 126 valence electrons. The lowest BCUT2D eigenvalue weighted by molar-refractivity contribution is 0.00926. The van der Waals surface area contributed by atoms with Crippen molar-refractivity contribution in [1.82, 2.24) is 4.72 Å². The molecule has 1 rings (SSSR count). The summed E-state index contributed by atoms with van der Waals surface area (Å²) in [6, 6.07) is 0.146. The number of nitrogens with one attached hydrogen (secondary N) is 1.